The van der Waals surface area contributed by atoms with Gasteiger partial charge in [-0.1, -0.05) is 6.92 Å². The van der Waals surface area contributed by atoms with E-state index in [4.69, 9.17) is 9.47 Å². The Kier molecular flexibility index (Phi) is 8.01. The van der Waals surface area contributed by atoms with Crippen LogP contribution in [-0.2, 0) is 27.1 Å². The van der Waals surface area contributed by atoms with E-state index in [-0.39, 0.29) is 17.9 Å². The van der Waals surface area contributed by atoms with Crippen molar-refractivity contribution < 1.29 is 37.4 Å². The van der Waals surface area contributed by atoms with Gasteiger partial charge in [-0.15, -0.1) is 11.3 Å². The molecule has 1 aromatic heterocycles. The first-order valence-corrected chi connectivity index (χ1v) is 11.4. The summed E-state index contributed by atoms with van der Waals surface area (Å²) < 4.78 is 39.1. The van der Waals surface area contributed by atoms with Crippen molar-refractivity contribution in [1.82, 2.24) is 0 Å². The van der Waals surface area contributed by atoms with Gasteiger partial charge in [0.25, 0.3) is 5.91 Å². The van der Waals surface area contributed by atoms with Gasteiger partial charge < -0.3 is 19.5 Å². The summed E-state index contributed by atoms with van der Waals surface area (Å²) in [6.45, 7) is 2.49. The minimum atomic E-state index is -2.97. The van der Waals surface area contributed by atoms with Crippen molar-refractivity contribution >= 4 is 34.2 Å². The highest BCUT2D eigenvalue weighted by molar-refractivity contribution is 7.17. The molecule has 10 heteroatoms. The molecule has 2 atom stereocenters. The van der Waals surface area contributed by atoms with Gasteiger partial charge in [0, 0.05) is 4.88 Å². The zero-order valence-electron chi connectivity index (χ0n) is 18.5. The lowest BCUT2D eigenvalue weighted by Crippen LogP contribution is -2.30. The number of benzene rings is 1. The molecule has 1 aromatic carbocycles. The van der Waals surface area contributed by atoms with Gasteiger partial charge in [-0.25, -0.2) is 9.59 Å². The highest BCUT2D eigenvalue weighted by Crippen LogP contribution is 2.40. The van der Waals surface area contributed by atoms with Gasteiger partial charge >= 0.3 is 18.6 Å². The molecule has 1 amide bonds. The summed E-state index contributed by atoms with van der Waals surface area (Å²) in [4.78, 5) is 38.7. The molecular formula is C23H25F2NO6S. The summed E-state index contributed by atoms with van der Waals surface area (Å²) >= 11 is 1.34. The first-order valence-electron chi connectivity index (χ1n) is 10.6. The summed E-state index contributed by atoms with van der Waals surface area (Å²) in [6, 6.07) is 4.93. The van der Waals surface area contributed by atoms with Crippen LogP contribution in [-0.4, -0.2) is 37.2 Å². The molecule has 0 spiro atoms. The predicted molar refractivity (Wildman–Crippen MR) is 118 cm³/mol. The first-order chi connectivity index (χ1) is 15.7. The second kappa shape index (κ2) is 10.7. The average Bonchev–Trinajstić information content (AvgIpc) is 3.10. The Balaban J connectivity index is 1.70. The van der Waals surface area contributed by atoms with Crippen LogP contribution in [0, 0.1) is 5.92 Å². The fourth-order valence-electron chi connectivity index (χ4n) is 3.53. The van der Waals surface area contributed by atoms with Crippen LogP contribution in [0.1, 0.15) is 58.3 Å². The first kappa shape index (κ1) is 24.6. The van der Waals surface area contributed by atoms with Gasteiger partial charge in [0.15, 0.2) is 6.10 Å². The second-order valence-corrected chi connectivity index (χ2v) is 8.82. The third-order valence-electron chi connectivity index (χ3n) is 5.20. The Morgan fingerprint density at radius 2 is 1.88 bits per heavy atom. The molecular weight excluding hydrogens is 456 g/mol. The fourth-order valence-corrected chi connectivity index (χ4v) is 4.93. The van der Waals surface area contributed by atoms with Crippen molar-refractivity contribution in [2.45, 2.75) is 52.7 Å². The average molecular weight is 482 g/mol. The van der Waals surface area contributed by atoms with Crippen LogP contribution in [0.5, 0.6) is 5.75 Å². The van der Waals surface area contributed by atoms with Gasteiger partial charge in [-0.3, -0.25) is 4.79 Å². The number of ether oxygens (including phenoxy) is 3. The van der Waals surface area contributed by atoms with Crippen LogP contribution in [0.3, 0.4) is 0 Å². The molecule has 0 saturated heterocycles. The molecule has 1 heterocycles. The molecule has 0 bridgehead atoms. The van der Waals surface area contributed by atoms with E-state index >= 15 is 0 Å². The molecule has 1 aliphatic rings. The van der Waals surface area contributed by atoms with Crippen molar-refractivity contribution in [2.75, 3.05) is 11.9 Å². The number of hydrogen-bond acceptors (Lipinski definition) is 7. The number of alkyl halides is 2. The van der Waals surface area contributed by atoms with E-state index in [0.29, 0.717) is 16.5 Å². The summed E-state index contributed by atoms with van der Waals surface area (Å²) in [5.74, 6) is -1.51. The van der Waals surface area contributed by atoms with E-state index in [1.54, 1.807) is 6.92 Å². The van der Waals surface area contributed by atoms with Crippen LogP contribution in [0.25, 0.3) is 0 Å². The van der Waals surface area contributed by atoms with Crippen LogP contribution in [0.15, 0.2) is 24.3 Å². The third kappa shape index (κ3) is 6.07. The summed E-state index contributed by atoms with van der Waals surface area (Å²) in [5, 5.41) is 3.09. The number of anilines is 1. The number of esters is 2. The summed E-state index contributed by atoms with van der Waals surface area (Å²) in [7, 11) is 0. The largest absolute Gasteiger partial charge is 0.462 e. The Labute approximate surface area is 194 Å². The molecule has 0 aliphatic heterocycles. The molecule has 3 rings (SSSR count). The lowest BCUT2D eigenvalue weighted by Gasteiger charge is -2.18. The lowest BCUT2D eigenvalue weighted by atomic mass is 9.88. The predicted octanol–water partition coefficient (Wildman–Crippen LogP) is 4.84. The van der Waals surface area contributed by atoms with Crippen LogP contribution < -0.4 is 10.1 Å². The number of amides is 1. The zero-order chi connectivity index (χ0) is 24.1. The Morgan fingerprint density at radius 3 is 2.52 bits per heavy atom. The van der Waals surface area contributed by atoms with Crippen LogP contribution in [0.2, 0.25) is 0 Å². The molecule has 2 unspecified atom stereocenters. The molecule has 1 N–H and O–H groups in total. The molecule has 1 aliphatic carbocycles. The van der Waals surface area contributed by atoms with E-state index in [2.05, 4.69) is 17.0 Å². The lowest BCUT2D eigenvalue weighted by molar-refractivity contribution is -0.123. The van der Waals surface area contributed by atoms with E-state index in [9.17, 15) is 23.2 Å². The van der Waals surface area contributed by atoms with Crippen LogP contribution >= 0.6 is 11.3 Å². The van der Waals surface area contributed by atoms with Gasteiger partial charge in [0.05, 0.1) is 17.7 Å². The van der Waals surface area contributed by atoms with Crippen molar-refractivity contribution in [3.05, 3.63) is 45.8 Å². The topological polar surface area (TPSA) is 90.9 Å². The fraction of sp³-hybridized carbons (Fsp3) is 0.435. The van der Waals surface area contributed by atoms with Crippen molar-refractivity contribution in [3.8, 4) is 5.75 Å². The number of rotatable bonds is 8. The number of hydrogen-bond donors (Lipinski definition) is 1. The molecule has 0 saturated carbocycles. The number of nitrogens with one attached hydrogen (secondary N) is 1. The number of carbonyl (C=O) groups excluding carboxylic acids is 3. The number of thiophene rings is 1. The van der Waals surface area contributed by atoms with Gasteiger partial charge in [0.1, 0.15) is 10.8 Å². The van der Waals surface area contributed by atoms with E-state index < -0.39 is 30.6 Å². The minimum Gasteiger partial charge on any atom is -0.462 e. The minimum absolute atomic E-state index is 0.0732. The van der Waals surface area contributed by atoms with Crippen molar-refractivity contribution in [2.24, 2.45) is 5.92 Å². The molecule has 33 heavy (non-hydrogen) atoms. The van der Waals surface area contributed by atoms with E-state index in [1.807, 2.05) is 0 Å². The van der Waals surface area contributed by atoms with Crippen molar-refractivity contribution in [3.63, 3.8) is 0 Å². The number of halogens is 2. The molecule has 0 radical (unpaired) electrons. The standard InChI is InChI=1S/C23H25F2NO6S/c1-4-30-22(29)18-16-10-5-12(2)11-17(16)33-20(18)26-19(27)13(3)31-21(28)14-6-8-15(9-7-14)32-23(24)25/h6-9,12-13,23H,4-5,10-11H2,1-3H3,(H,26,27). The molecule has 2 aromatic rings. The summed E-state index contributed by atoms with van der Waals surface area (Å²) in [6.07, 6.45) is 1.33. The second-order valence-electron chi connectivity index (χ2n) is 7.72. The third-order valence-corrected chi connectivity index (χ3v) is 6.37. The van der Waals surface area contributed by atoms with Crippen molar-refractivity contribution in [1.29, 1.82) is 0 Å². The Morgan fingerprint density at radius 1 is 1.18 bits per heavy atom. The number of carbonyl (C=O) groups is 3. The number of fused-ring (bicyclic) bond motifs is 1. The maximum Gasteiger partial charge on any atom is 0.387 e. The van der Waals surface area contributed by atoms with Gasteiger partial charge in [-0.2, -0.15) is 8.78 Å². The van der Waals surface area contributed by atoms with Gasteiger partial charge in [0.2, 0.25) is 0 Å². The monoisotopic (exact) mass is 481 g/mol. The van der Waals surface area contributed by atoms with Crippen LogP contribution in [0.4, 0.5) is 13.8 Å². The summed E-state index contributed by atoms with van der Waals surface area (Å²) in [5.41, 5.74) is 1.34. The van der Waals surface area contributed by atoms with Gasteiger partial charge in [-0.05, 0) is 68.9 Å². The highest BCUT2D eigenvalue weighted by Gasteiger charge is 2.30. The quantitative estimate of drug-likeness (QED) is 0.543. The van der Waals surface area contributed by atoms with E-state index in [0.717, 1.165) is 29.7 Å². The maximum absolute atomic E-state index is 12.7. The molecule has 0 fully saturated rings. The maximum atomic E-state index is 12.7. The Bertz CT molecular complexity index is 1020. The normalized spacial score (nSPS) is 16.0. The SMILES string of the molecule is CCOC(=O)c1c(NC(=O)C(C)OC(=O)c2ccc(OC(F)F)cc2)sc2c1CCC(C)C2. The molecule has 178 valence electrons. The smallest absolute Gasteiger partial charge is 0.387 e. The molecule has 7 nitrogen and oxygen atoms in total. The Hall–Kier alpha value is -3.01. The van der Waals surface area contributed by atoms with E-state index in [1.165, 1.54) is 42.5 Å². The zero-order valence-corrected chi connectivity index (χ0v) is 19.3. The highest BCUT2D eigenvalue weighted by atomic mass is 32.1.